The molecule has 1 aromatic carbocycles. The molecule has 1 rings (SSSR count). The fraction of sp³-hybridized carbons (Fsp3) is 0.684. The fourth-order valence-electron chi connectivity index (χ4n) is 2.66. The van der Waals surface area contributed by atoms with Crippen LogP contribution >= 0.6 is 7.82 Å². The Morgan fingerprint density at radius 2 is 1.65 bits per heavy atom. The van der Waals surface area contributed by atoms with E-state index in [0.29, 0.717) is 19.3 Å². The Balaban J connectivity index is 2.30. The van der Waals surface area contributed by atoms with Gasteiger partial charge in [-0.3, -0.25) is 4.52 Å². The number of aliphatic hydroxyl groups excluding tert-OH is 1. The van der Waals surface area contributed by atoms with Crippen LogP contribution in [0.25, 0.3) is 0 Å². The molecule has 150 valence electrons. The number of nitrogens with two attached hydrogens (primary N) is 1. The number of rotatable bonds is 14. The van der Waals surface area contributed by atoms with E-state index in [1.165, 1.54) is 5.56 Å². The third kappa shape index (κ3) is 10.4. The highest BCUT2D eigenvalue weighted by molar-refractivity contribution is 7.46. The molecular formula is C19H34NO5P. The van der Waals surface area contributed by atoms with E-state index in [1.807, 2.05) is 24.3 Å². The van der Waals surface area contributed by atoms with E-state index in [-0.39, 0.29) is 0 Å². The van der Waals surface area contributed by atoms with Crippen molar-refractivity contribution < 1.29 is 28.1 Å². The summed E-state index contributed by atoms with van der Waals surface area (Å²) in [7, 11) is -4.62. The second-order valence-electron chi connectivity index (χ2n) is 6.87. The van der Waals surface area contributed by atoms with Gasteiger partial charge in [0.15, 0.2) is 0 Å². The van der Waals surface area contributed by atoms with Crippen molar-refractivity contribution in [3.8, 4) is 0 Å². The number of phosphoric ester groups is 1. The lowest BCUT2D eigenvalue weighted by molar-refractivity contribution is 0.102. The Bertz CT molecular complexity index is 636. The minimum Gasteiger partial charge on any atom is -0.394 e. The number of phosphoric acid groups is 1. The second kappa shape index (κ2) is 11.9. The summed E-state index contributed by atoms with van der Waals surface area (Å²) in [6.07, 6.45) is 7.04. The first-order valence-electron chi connectivity index (χ1n) is 10.6. The van der Waals surface area contributed by atoms with Crippen molar-refractivity contribution in [2.75, 3.05) is 13.2 Å². The zero-order valence-corrected chi connectivity index (χ0v) is 16.2. The quantitative estimate of drug-likeness (QED) is 0.286. The van der Waals surface area contributed by atoms with E-state index in [1.54, 1.807) is 0 Å². The van der Waals surface area contributed by atoms with Crippen molar-refractivity contribution in [3.05, 3.63) is 35.4 Å². The van der Waals surface area contributed by atoms with E-state index in [9.17, 15) is 9.67 Å². The van der Waals surface area contributed by atoms with Crippen molar-refractivity contribution in [2.45, 2.75) is 70.2 Å². The highest BCUT2D eigenvalue weighted by Gasteiger charge is 2.28. The first kappa shape index (κ1) is 18.6. The van der Waals surface area contributed by atoms with Gasteiger partial charge in [0.1, 0.15) is 0 Å². The zero-order chi connectivity index (χ0) is 22.0. The Labute approximate surface area is 161 Å². The average Bonchev–Trinajstić information content (AvgIpc) is 2.63. The van der Waals surface area contributed by atoms with E-state index in [2.05, 4.69) is 4.52 Å². The van der Waals surface area contributed by atoms with Crippen LogP contribution in [0.2, 0.25) is 0 Å². The van der Waals surface area contributed by atoms with Crippen LogP contribution in [-0.4, -0.2) is 33.6 Å². The van der Waals surface area contributed by atoms with Crippen LogP contribution in [-0.2, 0) is 21.9 Å². The Morgan fingerprint density at radius 1 is 1.08 bits per heavy atom. The largest absolute Gasteiger partial charge is 0.469 e. The molecule has 6 nitrogen and oxygen atoms in total. The van der Waals surface area contributed by atoms with Gasteiger partial charge >= 0.3 is 7.82 Å². The zero-order valence-electron chi connectivity index (χ0n) is 18.3. The van der Waals surface area contributed by atoms with Crippen LogP contribution in [0, 0.1) is 0 Å². The normalized spacial score (nSPS) is 16.5. The van der Waals surface area contributed by atoms with Crippen LogP contribution < -0.4 is 5.73 Å². The van der Waals surface area contributed by atoms with E-state index in [4.69, 9.17) is 19.6 Å². The molecule has 0 fully saturated rings. The molecule has 0 bridgehead atoms. The maximum absolute atomic E-state index is 10.8. The predicted octanol–water partition coefficient (Wildman–Crippen LogP) is 3.32. The number of aryl methyl sites for hydroxylation is 2. The van der Waals surface area contributed by atoms with Crippen LogP contribution in [0.3, 0.4) is 0 Å². The summed E-state index contributed by atoms with van der Waals surface area (Å²) in [5.41, 5.74) is 7.01. The SMILES string of the molecule is [2H]C([2H])([2H])CCCCCCCc1ccc(CCC(N)(CO)COP(=O)(O)O)cc1. The Morgan fingerprint density at radius 3 is 2.23 bits per heavy atom. The van der Waals surface area contributed by atoms with Gasteiger partial charge in [-0.15, -0.1) is 0 Å². The summed E-state index contributed by atoms with van der Waals surface area (Å²) in [4.78, 5) is 17.6. The van der Waals surface area contributed by atoms with Gasteiger partial charge in [-0.05, 0) is 36.8 Å². The first-order chi connectivity index (χ1) is 13.4. The lowest BCUT2D eigenvalue weighted by Crippen LogP contribution is -2.48. The molecule has 0 aromatic heterocycles. The molecule has 0 saturated heterocycles. The minimum atomic E-state index is -4.62. The maximum atomic E-state index is 10.8. The van der Waals surface area contributed by atoms with Gasteiger partial charge in [-0.2, -0.15) is 0 Å². The molecule has 1 unspecified atom stereocenters. The van der Waals surface area contributed by atoms with Gasteiger partial charge < -0.3 is 20.6 Å². The van der Waals surface area contributed by atoms with Crippen LogP contribution in [0.1, 0.15) is 67.0 Å². The fourth-order valence-corrected chi connectivity index (χ4v) is 3.09. The summed E-state index contributed by atoms with van der Waals surface area (Å²) < 4.78 is 36.8. The Kier molecular flexibility index (Phi) is 8.48. The lowest BCUT2D eigenvalue weighted by Gasteiger charge is -2.27. The van der Waals surface area contributed by atoms with Gasteiger partial charge in [0.2, 0.25) is 0 Å². The van der Waals surface area contributed by atoms with Crippen molar-refractivity contribution in [3.63, 3.8) is 0 Å². The lowest BCUT2D eigenvalue weighted by atomic mass is 9.93. The van der Waals surface area contributed by atoms with E-state index in [0.717, 1.165) is 44.1 Å². The monoisotopic (exact) mass is 390 g/mol. The van der Waals surface area contributed by atoms with E-state index < -0.39 is 33.4 Å². The number of hydrogen-bond acceptors (Lipinski definition) is 4. The number of unbranched alkanes of at least 4 members (excludes halogenated alkanes) is 4. The van der Waals surface area contributed by atoms with Gasteiger partial charge in [0.25, 0.3) is 0 Å². The number of benzene rings is 1. The average molecular weight is 390 g/mol. The molecular weight excluding hydrogens is 353 g/mol. The smallest absolute Gasteiger partial charge is 0.394 e. The molecule has 0 aliphatic heterocycles. The molecule has 0 amide bonds. The summed E-state index contributed by atoms with van der Waals surface area (Å²) in [6, 6.07) is 8.08. The molecule has 1 atom stereocenters. The van der Waals surface area contributed by atoms with Gasteiger partial charge in [-0.25, -0.2) is 4.57 Å². The molecule has 0 radical (unpaired) electrons. The second-order valence-corrected chi connectivity index (χ2v) is 8.11. The van der Waals surface area contributed by atoms with E-state index >= 15 is 0 Å². The number of aliphatic hydroxyl groups is 1. The van der Waals surface area contributed by atoms with Gasteiger partial charge in [-0.1, -0.05) is 63.2 Å². The predicted molar refractivity (Wildman–Crippen MR) is 104 cm³/mol. The molecule has 0 spiro atoms. The van der Waals surface area contributed by atoms with Gasteiger partial charge in [0.05, 0.1) is 18.8 Å². The van der Waals surface area contributed by atoms with Crippen molar-refractivity contribution >= 4 is 7.82 Å². The molecule has 5 N–H and O–H groups in total. The standard InChI is InChI=1S/C19H34NO5P/c1-2-3-4-5-6-7-8-17-9-11-18(12-10-17)13-14-19(20,15-21)16-25-26(22,23)24/h9-12,21H,2-8,13-16,20H2,1H3,(H2,22,23,24)/i1D3. The van der Waals surface area contributed by atoms with Crippen molar-refractivity contribution in [1.82, 2.24) is 0 Å². The molecule has 26 heavy (non-hydrogen) atoms. The molecule has 0 saturated carbocycles. The van der Waals surface area contributed by atoms with Crippen LogP contribution in [0.5, 0.6) is 0 Å². The molecule has 7 heteroatoms. The molecule has 0 aliphatic carbocycles. The Hall–Kier alpha value is -0.750. The topological polar surface area (TPSA) is 113 Å². The summed E-state index contributed by atoms with van der Waals surface area (Å²) in [5.74, 6) is 0. The summed E-state index contributed by atoms with van der Waals surface area (Å²) in [5, 5.41) is 9.43. The summed E-state index contributed by atoms with van der Waals surface area (Å²) >= 11 is 0. The van der Waals surface area contributed by atoms with Crippen LogP contribution in [0.15, 0.2) is 24.3 Å². The molecule has 0 heterocycles. The first-order valence-corrected chi connectivity index (χ1v) is 10.6. The number of hydrogen-bond donors (Lipinski definition) is 4. The maximum Gasteiger partial charge on any atom is 0.469 e. The highest BCUT2D eigenvalue weighted by Crippen LogP contribution is 2.36. The van der Waals surface area contributed by atoms with Crippen molar-refractivity contribution in [1.29, 1.82) is 0 Å². The highest BCUT2D eigenvalue weighted by atomic mass is 31.2. The molecule has 1 aromatic rings. The van der Waals surface area contributed by atoms with Crippen LogP contribution in [0.4, 0.5) is 0 Å². The minimum absolute atomic E-state index is 0.292. The third-order valence-corrected chi connectivity index (χ3v) is 4.88. The van der Waals surface area contributed by atoms with Crippen molar-refractivity contribution in [2.24, 2.45) is 5.73 Å². The summed E-state index contributed by atoms with van der Waals surface area (Å²) in [6.45, 7) is -2.66. The third-order valence-electron chi connectivity index (χ3n) is 4.41. The molecule has 0 aliphatic rings. The van der Waals surface area contributed by atoms with Gasteiger partial charge in [0, 0.05) is 4.11 Å².